The van der Waals surface area contributed by atoms with Crippen molar-refractivity contribution < 1.29 is 34.3 Å². The summed E-state index contributed by atoms with van der Waals surface area (Å²) in [5, 5.41) is 33.4. The molecule has 3 N–H and O–H groups in total. The molecule has 150 valence electrons. The first-order valence-electron chi connectivity index (χ1n) is 10.1. The predicted molar refractivity (Wildman–Crippen MR) is 90.1 cm³/mol. The second-order valence-electron chi connectivity index (χ2n) is 10.7. The van der Waals surface area contributed by atoms with E-state index < -0.39 is 40.5 Å². The number of aliphatic hydroxyl groups is 3. The molecule has 11 atom stereocenters. The van der Waals surface area contributed by atoms with Gasteiger partial charge in [0, 0.05) is 23.7 Å². The Hall–Kier alpha value is -0.730. The average molecular weight is 380 g/mol. The van der Waals surface area contributed by atoms with Gasteiger partial charge in [0.25, 0.3) is 0 Å². The predicted octanol–water partition coefficient (Wildman–Crippen LogP) is 0.198. The molecule has 3 saturated heterocycles. The molecule has 6 fully saturated rings. The monoisotopic (exact) mass is 380 g/mol. The Kier molecular flexibility index (Phi) is 2.88. The lowest BCUT2D eigenvalue weighted by atomic mass is 9.43. The molecule has 7 heteroatoms. The Morgan fingerprint density at radius 3 is 2.56 bits per heavy atom. The number of ether oxygens (including phenoxy) is 3. The Balaban J connectivity index is 1.58. The van der Waals surface area contributed by atoms with E-state index in [0.717, 1.165) is 0 Å². The maximum absolute atomic E-state index is 13.3. The quantitative estimate of drug-likeness (QED) is 0.516. The molecule has 6 rings (SSSR count). The maximum atomic E-state index is 13.3. The lowest BCUT2D eigenvalue weighted by Crippen LogP contribution is -2.72. The summed E-state index contributed by atoms with van der Waals surface area (Å²) in [6.45, 7) is 6.25. The van der Waals surface area contributed by atoms with Gasteiger partial charge in [-0.3, -0.25) is 4.79 Å². The topological polar surface area (TPSA) is 105 Å². The molecule has 0 amide bonds. The van der Waals surface area contributed by atoms with Crippen molar-refractivity contribution in [2.45, 2.75) is 76.3 Å². The van der Waals surface area contributed by atoms with Crippen molar-refractivity contribution in [2.24, 2.45) is 34.0 Å². The first kappa shape index (κ1) is 17.2. The molecule has 3 aliphatic heterocycles. The van der Waals surface area contributed by atoms with Crippen LogP contribution in [0, 0.1) is 34.0 Å². The van der Waals surface area contributed by atoms with Crippen LogP contribution in [0.3, 0.4) is 0 Å². The third kappa shape index (κ3) is 1.54. The summed E-state index contributed by atoms with van der Waals surface area (Å²) in [4.78, 5) is 13.3. The highest BCUT2D eigenvalue weighted by Gasteiger charge is 2.83. The molecular weight excluding hydrogens is 352 g/mol. The molecule has 11 unspecified atom stereocenters. The van der Waals surface area contributed by atoms with Gasteiger partial charge in [-0.2, -0.15) is 0 Å². The number of aliphatic hydroxyl groups excluding tert-OH is 2. The SMILES string of the molecule is CC1(C)C2CC3OC(=O)C45CC(CC(O)C4C34COC(O2)C14)C(C)(O)C5O. The number of rotatable bonds is 0. The Labute approximate surface area is 158 Å². The van der Waals surface area contributed by atoms with Crippen LogP contribution in [-0.4, -0.2) is 64.2 Å². The van der Waals surface area contributed by atoms with E-state index >= 15 is 0 Å². The Morgan fingerprint density at radius 2 is 1.81 bits per heavy atom. The first-order valence-corrected chi connectivity index (χ1v) is 10.1. The molecule has 27 heavy (non-hydrogen) atoms. The van der Waals surface area contributed by atoms with Crippen molar-refractivity contribution in [3.8, 4) is 0 Å². The third-order valence-electron chi connectivity index (χ3n) is 9.43. The highest BCUT2D eigenvalue weighted by molar-refractivity contribution is 5.81. The number of hydrogen-bond acceptors (Lipinski definition) is 7. The molecule has 3 aliphatic carbocycles. The van der Waals surface area contributed by atoms with E-state index in [1.165, 1.54) is 0 Å². The van der Waals surface area contributed by atoms with E-state index in [9.17, 15) is 20.1 Å². The number of esters is 1. The van der Waals surface area contributed by atoms with Gasteiger partial charge in [-0.1, -0.05) is 13.8 Å². The smallest absolute Gasteiger partial charge is 0.315 e. The van der Waals surface area contributed by atoms with Crippen molar-refractivity contribution in [1.29, 1.82) is 0 Å². The summed E-state index contributed by atoms with van der Waals surface area (Å²) in [6.07, 6.45) is -1.56. The normalized spacial score (nSPS) is 64.9. The largest absolute Gasteiger partial charge is 0.461 e. The van der Waals surface area contributed by atoms with Crippen LogP contribution < -0.4 is 0 Å². The fraction of sp³-hybridized carbons (Fsp3) is 0.950. The minimum absolute atomic E-state index is 0.0207. The van der Waals surface area contributed by atoms with E-state index in [-0.39, 0.29) is 35.7 Å². The standard InChI is InChI=1S/C20H28O7/c1-17(2)10-5-11-20(7-25-14(26-10)13(17)20)12-9(21)4-8-6-19(12,16(23)27-11)15(22)18(8,3)24/h8-15,21-22,24H,4-7H2,1-3H3. The van der Waals surface area contributed by atoms with Gasteiger partial charge in [0.15, 0.2) is 6.29 Å². The van der Waals surface area contributed by atoms with Gasteiger partial charge in [0.1, 0.15) is 11.5 Å². The molecule has 0 radical (unpaired) electrons. The third-order valence-corrected chi connectivity index (χ3v) is 9.43. The first-order chi connectivity index (χ1) is 12.6. The molecule has 0 aromatic rings. The van der Waals surface area contributed by atoms with Crippen LogP contribution in [0.15, 0.2) is 0 Å². The van der Waals surface area contributed by atoms with Gasteiger partial charge in [0.2, 0.25) is 0 Å². The number of fused-ring (bicyclic) bond motifs is 2. The summed E-state index contributed by atoms with van der Waals surface area (Å²) in [6, 6.07) is 0. The zero-order valence-corrected chi connectivity index (χ0v) is 15.9. The molecule has 0 aromatic carbocycles. The zero-order valence-electron chi connectivity index (χ0n) is 15.9. The summed E-state index contributed by atoms with van der Waals surface area (Å²) < 4.78 is 18.2. The second kappa shape index (κ2) is 4.54. The maximum Gasteiger partial charge on any atom is 0.315 e. The minimum Gasteiger partial charge on any atom is -0.461 e. The van der Waals surface area contributed by atoms with Gasteiger partial charge >= 0.3 is 5.97 Å². The van der Waals surface area contributed by atoms with Crippen molar-refractivity contribution in [3.63, 3.8) is 0 Å². The van der Waals surface area contributed by atoms with Gasteiger partial charge in [0.05, 0.1) is 30.5 Å². The van der Waals surface area contributed by atoms with Crippen molar-refractivity contribution in [2.75, 3.05) is 6.61 Å². The summed E-state index contributed by atoms with van der Waals surface area (Å²) in [5.74, 6) is -1.33. The fourth-order valence-corrected chi connectivity index (χ4v) is 8.33. The number of hydrogen-bond donors (Lipinski definition) is 3. The van der Waals surface area contributed by atoms with Crippen LogP contribution >= 0.6 is 0 Å². The molecule has 2 spiro atoms. The molecule has 0 aromatic heterocycles. The van der Waals surface area contributed by atoms with E-state index in [0.29, 0.717) is 25.9 Å². The summed E-state index contributed by atoms with van der Waals surface area (Å²) in [5.41, 5.74) is -3.48. The highest BCUT2D eigenvalue weighted by Crippen LogP contribution is 2.74. The summed E-state index contributed by atoms with van der Waals surface area (Å²) >= 11 is 0. The van der Waals surface area contributed by atoms with Gasteiger partial charge in [-0.15, -0.1) is 0 Å². The fourth-order valence-electron chi connectivity index (χ4n) is 8.33. The minimum atomic E-state index is -1.42. The van der Waals surface area contributed by atoms with Crippen molar-refractivity contribution >= 4 is 5.97 Å². The van der Waals surface area contributed by atoms with Crippen LogP contribution in [0.4, 0.5) is 0 Å². The van der Waals surface area contributed by atoms with E-state index in [4.69, 9.17) is 14.2 Å². The molecule has 6 aliphatic rings. The number of carbonyl (C=O) groups is 1. The Morgan fingerprint density at radius 1 is 1.07 bits per heavy atom. The second-order valence-corrected chi connectivity index (χ2v) is 10.7. The van der Waals surface area contributed by atoms with Crippen LogP contribution in [-0.2, 0) is 19.0 Å². The molecule has 3 saturated carbocycles. The van der Waals surface area contributed by atoms with E-state index in [1.54, 1.807) is 6.92 Å². The van der Waals surface area contributed by atoms with Crippen molar-refractivity contribution in [3.05, 3.63) is 0 Å². The highest BCUT2D eigenvalue weighted by atomic mass is 16.7. The van der Waals surface area contributed by atoms with Crippen LogP contribution in [0.5, 0.6) is 0 Å². The van der Waals surface area contributed by atoms with Crippen LogP contribution in [0.25, 0.3) is 0 Å². The Bertz CT molecular complexity index is 734. The van der Waals surface area contributed by atoms with Crippen LogP contribution in [0.1, 0.15) is 40.0 Å². The summed E-state index contributed by atoms with van der Waals surface area (Å²) in [7, 11) is 0. The lowest BCUT2D eigenvalue weighted by molar-refractivity contribution is -0.267. The molecule has 3 heterocycles. The van der Waals surface area contributed by atoms with Gasteiger partial charge in [-0.25, -0.2) is 0 Å². The zero-order chi connectivity index (χ0) is 19.1. The van der Waals surface area contributed by atoms with Gasteiger partial charge < -0.3 is 29.5 Å². The van der Waals surface area contributed by atoms with Crippen molar-refractivity contribution in [1.82, 2.24) is 0 Å². The van der Waals surface area contributed by atoms with E-state index in [2.05, 4.69) is 13.8 Å². The number of carbonyl (C=O) groups excluding carboxylic acids is 1. The lowest BCUT2D eigenvalue weighted by Gasteiger charge is -2.62. The van der Waals surface area contributed by atoms with E-state index in [1.807, 2.05) is 0 Å². The average Bonchev–Trinajstić information content (AvgIpc) is 3.07. The molecular formula is C20H28O7. The van der Waals surface area contributed by atoms with Crippen LogP contribution in [0.2, 0.25) is 0 Å². The molecule has 7 nitrogen and oxygen atoms in total. The molecule has 4 bridgehead atoms. The van der Waals surface area contributed by atoms with Gasteiger partial charge in [-0.05, 0) is 31.1 Å².